The summed E-state index contributed by atoms with van der Waals surface area (Å²) in [5.74, 6) is 0.483. The van der Waals surface area contributed by atoms with Crippen LogP contribution >= 0.6 is 11.6 Å². The number of halogens is 1. The van der Waals surface area contributed by atoms with Crippen molar-refractivity contribution in [2.75, 3.05) is 26.9 Å². The zero-order chi connectivity index (χ0) is 26.0. The monoisotopic (exact) mass is 522 g/mol. The largest absolute Gasteiger partial charge is 0.497 e. The number of hydrogen-bond donors (Lipinski definition) is 1. The van der Waals surface area contributed by atoms with Gasteiger partial charge in [0.2, 0.25) is 5.91 Å². The van der Waals surface area contributed by atoms with Gasteiger partial charge in [0.1, 0.15) is 17.5 Å². The maximum atomic E-state index is 13.7. The van der Waals surface area contributed by atoms with E-state index in [9.17, 15) is 9.59 Å². The Kier molecular flexibility index (Phi) is 9.40. The van der Waals surface area contributed by atoms with E-state index >= 15 is 0 Å². The highest BCUT2D eigenvalue weighted by atomic mass is 35.5. The molecule has 1 heterocycles. The number of nitrogens with one attached hydrogen (secondary N) is 1. The van der Waals surface area contributed by atoms with Gasteiger partial charge in [0.25, 0.3) is 5.91 Å². The van der Waals surface area contributed by atoms with Crippen LogP contribution in [0.15, 0.2) is 78.9 Å². The SMILES string of the molecule is COc1ccc(CN(C(=O)COc2ccccc2Cl)[C@@H](C(=O)NC[C@H]2CCCO2)c2ccccc2)cc1. The molecule has 2 atom stereocenters. The Morgan fingerprint density at radius 3 is 2.46 bits per heavy atom. The standard InChI is InChI=1S/C29H31ClN2O5/c1-35-23-15-13-21(14-16-23)19-32(27(33)20-37-26-12-6-5-11-25(26)30)28(22-8-3-2-4-9-22)29(34)31-18-24-10-7-17-36-24/h2-6,8-9,11-16,24,28H,7,10,17-20H2,1H3,(H,31,34)/t24-,28-/m1/s1. The number of ether oxygens (including phenoxy) is 3. The number of amides is 2. The lowest BCUT2D eigenvalue weighted by atomic mass is 10.0. The van der Waals surface area contributed by atoms with Gasteiger partial charge >= 0.3 is 0 Å². The third-order valence-corrected chi connectivity index (χ3v) is 6.54. The van der Waals surface area contributed by atoms with Crippen LogP contribution in [0, 0.1) is 0 Å². The molecule has 1 aliphatic heterocycles. The first kappa shape index (κ1) is 26.5. The molecule has 0 unspecified atom stereocenters. The van der Waals surface area contributed by atoms with Gasteiger partial charge in [-0.25, -0.2) is 0 Å². The Bertz CT molecular complexity index is 1170. The Hall–Kier alpha value is -3.55. The number of nitrogens with zero attached hydrogens (tertiary/aromatic N) is 1. The van der Waals surface area contributed by atoms with E-state index in [4.69, 9.17) is 25.8 Å². The van der Waals surface area contributed by atoms with Gasteiger partial charge in [-0.1, -0.05) is 66.2 Å². The lowest BCUT2D eigenvalue weighted by Gasteiger charge is -2.32. The highest BCUT2D eigenvalue weighted by Crippen LogP contribution is 2.27. The van der Waals surface area contributed by atoms with E-state index in [1.807, 2.05) is 54.6 Å². The van der Waals surface area contributed by atoms with Crippen molar-refractivity contribution in [2.45, 2.75) is 31.5 Å². The Balaban J connectivity index is 1.61. The lowest BCUT2D eigenvalue weighted by molar-refractivity contribution is -0.143. The van der Waals surface area contributed by atoms with Crippen LogP contribution < -0.4 is 14.8 Å². The first-order valence-corrected chi connectivity index (χ1v) is 12.7. The van der Waals surface area contributed by atoms with Crippen molar-refractivity contribution in [1.82, 2.24) is 10.2 Å². The minimum Gasteiger partial charge on any atom is -0.497 e. The summed E-state index contributed by atoms with van der Waals surface area (Å²) in [4.78, 5) is 28.8. The van der Waals surface area contributed by atoms with Crippen molar-refractivity contribution in [3.63, 3.8) is 0 Å². The molecule has 1 fully saturated rings. The van der Waals surface area contributed by atoms with Crippen LogP contribution in [0.2, 0.25) is 5.02 Å². The van der Waals surface area contributed by atoms with Gasteiger partial charge in [-0.05, 0) is 48.2 Å². The first-order valence-electron chi connectivity index (χ1n) is 12.3. The summed E-state index contributed by atoms with van der Waals surface area (Å²) in [5.41, 5.74) is 1.55. The molecule has 0 bridgehead atoms. The molecular formula is C29H31ClN2O5. The lowest BCUT2D eigenvalue weighted by Crippen LogP contribution is -2.46. The quantitative estimate of drug-likeness (QED) is 0.392. The van der Waals surface area contributed by atoms with Gasteiger partial charge in [-0.15, -0.1) is 0 Å². The predicted molar refractivity (Wildman–Crippen MR) is 142 cm³/mol. The zero-order valence-electron chi connectivity index (χ0n) is 20.8. The van der Waals surface area contributed by atoms with Crippen molar-refractivity contribution < 1.29 is 23.8 Å². The second kappa shape index (κ2) is 13.1. The molecular weight excluding hydrogens is 492 g/mol. The van der Waals surface area contributed by atoms with E-state index < -0.39 is 6.04 Å². The minimum atomic E-state index is -0.868. The fraction of sp³-hybridized carbons (Fsp3) is 0.310. The van der Waals surface area contributed by atoms with Crippen molar-refractivity contribution in [3.05, 3.63) is 95.0 Å². The molecule has 8 heteroatoms. The number of para-hydroxylation sites is 1. The summed E-state index contributed by atoms with van der Waals surface area (Å²) < 4.78 is 16.7. The van der Waals surface area contributed by atoms with Crippen molar-refractivity contribution in [1.29, 1.82) is 0 Å². The van der Waals surface area contributed by atoms with E-state index in [1.165, 1.54) is 0 Å². The highest BCUT2D eigenvalue weighted by molar-refractivity contribution is 6.32. The number of hydrogen-bond acceptors (Lipinski definition) is 5. The van der Waals surface area contributed by atoms with E-state index in [2.05, 4.69) is 5.32 Å². The second-order valence-corrected chi connectivity index (χ2v) is 9.19. The molecule has 37 heavy (non-hydrogen) atoms. The van der Waals surface area contributed by atoms with Crippen LogP contribution in [0.3, 0.4) is 0 Å². The number of rotatable bonds is 11. The van der Waals surface area contributed by atoms with E-state index in [0.717, 1.165) is 18.4 Å². The molecule has 0 aromatic heterocycles. The fourth-order valence-corrected chi connectivity index (χ4v) is 4.45. The van der Waals surface area contributed by atoms with Gasteiger partial charge in [0.15, 0.2) is 6.61 Å². The second-order valence-electron chi connectivity index (χ2n) is 8.78. The molecule has 7 nitrogen and oxygen atoms in total. The average molecular weight is 523 g/mol. The van der Waals surface area contributed by atoms with Gasteiger partial charge in [-0.3, -0.25) is 9.59 Å². The first-order chi connectivity index (χ1) is 18.0. The van der Waals surface area contributed by atoms with E-state index in [0.29, 0.717) is 35.2 Å². The van der Waals surface area contributed by atoms with Crippen LogP contribution in [0.1, 0.15) is 30.0 Å². The predicted octanol–water partition coefficient (Wildman–Crippen LogP) is 4.79. The minimum absolute atomic E-state index is 0.0188. The van der Waals surface area contributed by atoms with Crippen molar-refractivity contribution in [2.24, 2.45) is 0 Å². The van der Waals surface area contributed by atoms with Gasteiger partial charge in [-0.2, -0.15) is 0 Å². The van der Waals surface area contributed by atoms with Crippen molar-refractivity contribution >= 4 is 23.4 Å². The number of carbonyl (C=O) groups is 2. The maximum Gasteiger partial charge on any atom is 0.261 e. The smallest absolute Gasteiger partial charge is 0.261 e. The molecule has 0 saturated carbocycles. The molecule has 1 saturated heterocycles. The third-order valence-electron chi connectivity index (χ3n) is 6.22. The zero-order valence-corrected chi connectivity index (χ0v) is 21.5. The van der Waals surface area contributed by atoms with Crippen LogP contribution in [0.25, 0.3) is 0 Å². The molecule has 0 radical (unpaired) electrons. The van der Waals surface area contributed by atoms with Gasteiger partial charge in [0.05, 0.1) is 18.2 Å². The summed E-state index contributed by atoms with van der Waals surface area (Å²) in [6.07, 6.45) is 1.86. The topological polar surface area (TPSA) is 77.1 Å². The molecule has 1 N–H and O–H groups in total. The molecule has 1 aliphatic rings. The van der Waals surface area contributed by atoms with Gasteiger partial charge in [0, 0.05) is 19.7 Å². The fourth-order valence-electron chi connectivity index (χ4n) is 4.26. The van der Waals surface area contributed by atoms with Crippen LogP contribution in [0.5, 0.6) is 11.5 Å². The molecule has 2 amide bonds. The average Bonchev–Trinajstić information content (AvgIpc) is 3.46. The van der Waals surface area contributed by atoms with E-state index in [-0.39, 0.29) is 31.1 Å². The summed E-state index contributed by atoms with van der Waals surface area (Å²) in [5, 5.41) is 3.41. The Morgan fingerprint density at radius 2 is 1.78 bits per heavy atom. The van der Waals surface area contributed by atoms with E-state index in [1.54, 1.807) is 36.3 Å². The normalized spacial score (nSPS) is 15.6. The third kappa shape index (κ3) is 7.24. The number of benzene rings is 3. The van der Waals surface area contributed by atoms with Crippen molar-refractivity contribution in [3.8, 4) is 11.5 Å². The maximum absolute atomic E-state index is 13.7. The summed E-state index contributed by atoms with van der Waals surface area (Å²) in [6, 6.07) is 22.8. The Labute approximate surface area is 222 Å². The molecule has 3 aromatic rings. The summed E-state index contributed by atoms with van der Waals surface area (Å²) in [6.45, 7) is 1.01. The molecule has 4 rings (SSSR count). The Morgan fingerprint density at radius 1 is 1.05 bits per heavy atom. The number of methoxy groups -OCH3 is 1. The molecule has 0 spiro atoms. The van der Waals surface area contributed by atoms with Gasteiger partial charge < -0.3 is 24.4 Å². The number of carbonyl (C=O) groups excluding carboxylic acids is 2. The summed E-state index contributed by atoms with van der Waals surface area (Å²) in [7, 11) is 1.60. The highest BCUT2D eigenvalue weighted by Gasteiger charge is 2.32. The van der Waals surface area contributed by atoms with Crippen LogP contribution in [-0.2, 0) is 20.9 Å². The molecule has 3 aromatic carbocycles. The van der Waals surface area contributed by atoms with Crippen LogP contribution in [-0.4, -0.2) is 49.7 Å². The molecule has 194 valence electrons. The summed E-state index contributed by atoms with van der Waals surface area (Å²) >= 11 is 6.22. The van der Waals surface area contributed by atoms with Crippen LogP contribution in [0.4, 0.5) is 0 Å². The molecule has 0 aliphatic carbocycles.